The van der Waals surface area contributed by atoms with Crippen molar-refractivity contribution in [2.45, 2.75) is 43.7 Å². The molecule has 7 heteroatoms. The first-order valence-electron chi connectivity index (χ1n) is 12.7. The number of fused-ring (bicyclic) bond motifs is 3. The average Bonchev–Trinajstić information content (AvgIpc) is 3.71. The van der Waals surface area contributed by atoms with E-state index in [1.54, 1.807) is 10.7 Å². The Morgan fingerprint density at radius 1 is 1.03 bits per heavy atom. The van der Waals surface area contributed by atoms with Gasteiger partial charge in [0.25, 0.3) is 0 Å². The minimum atomic E-state index is -0.600. The number of nitriles is 1. The summed E-state index contributed by atoms with van der Waals surface area (Å²) >= 11 is 0. The Balaban J connectivity index is 1.37. The minimum Gasteiger partial charge on any atom is -0.389 e. The van der Waals surface area contributed by atoms with Crippen LogP contribution in [-0.2, 0) is 5.54 Å². The molecule has 0 amide bonds. The highest BCUT2D eigenvalue weighted by atomic mass is 16.3. The number of nitrogens with zero attached hydrogens (tertiary/aromatic N) is 5. The summed E-state index contributed by atoms with van der Waals surface area (Å²) in [6, 6.07) is 22.7. The Labute approximate surface area is 214 Å². The van der Waals surface area contributed by atoms with Gasteiger partial charge in [-0.3, -0.25) is 0 Å². The summed E-state index contributed by atoms with van der Waals surface area (Å²) in [5.74, 6) is 0.414. The van der Waals surface area contributed by atoms with Crippen molar-refractivity contribution in [2.24, 2.45) is 11.7 Å². The fraction of sp³-hybridized carbons (Fsp3) is 0.267. The van der Waals surface area contributed by atoms with E-state index in [-0.39, 0.29) is 0 Å². The van der Waals surface area contributed by atoms with E-state index in [0.717, 1.165) is 46.2 Å². The highest BCUT2D eigenvalue weighted by Crippen LogP contribution is 2.57. The first-order chi connectivity index (χ1) is 17.9. The van der Waals surface area contributed by atoms with E-state index in [4.69, 9.17) is 10.7 Å². The molecular weight excluding hydrogens is 460 g/mol. The first kappa shape index (κ1) is 22.1. The SMILES string of the molecule is Cc1nn2c(ncc3cc(-c4ccccc4)c(-c4ccc([C@]5(N)C[C@](O)(C6CC6)C5)cc4)nc32)c1C#N. The van der Waals surface area contributed by atoms with E-state index in [9.17, 15) is 10.4 Å². The third-order valence-corrected chi connectivity index (χ3v) is 8.10. The lowest BCUT2D eigenvalue weighted by Crippen LogP contribution is -2.60. The van der Waals surface area contributed by atoms with Gasteiger partial charge >= 0.3 is 0 Å². The van der Waals surface area contributed by atoms with E-state index >= 15 is 0 Å². The highest BCUT2D eigenvalue weighted by Gasteiger charge is 2.58. The summed E-state index contributed by atoms with van der Waals surface area (Å²) in [5.41, 5.74) is 12.7. The Kier molecular flexibility index (Phi) is 4.59. The predicted molar refractivity (Wildman–Crippen MR) is 141 cm³/mol. The number of aryl methyl sites for hydroxylation is 1. The van der Waals surface area contributed by atoms with Crippen molar-refractivity contribution < 1.29 is 5.11 Å². The van der Waals surface area contributed by atoms with E-state index in [2.05, 4.69) is 58.6 Å². The van der Waals surface area contributed by atoms with Gasteiger partial charge in [-0.25, -0.2) is 9.97 Å². The largest absolute Gasteiger partial charge is 0.389 e. The summed E-state index contributed by atoms with van der Waals surface area (Å²) in [5, 5.41) is 25.9. The van der Waals surface area contributed by atoms with Crippen LogP contribution in [0.25, 0.3) is 39.1 Å². The van der Waals surface area contributed by atoms with Gasteiger partial charge < -0.3 is 10.8 Å². The molecule has 7 nitrogen and oxygen atoms in total. The zero-order valence-electron chi connectivity index (χ0n) is 20.5. The zero-order chi connectivity index (χ0) is 25.4. The highest BCUT2D eigenvalue weighted by molar-refractivity contribution is 5.91. The van der Waals surface area contributed by atoms with Crippen molar-refractivity contribution in [1.29, 1.82) is 5.26 Å². The van der Waals surface area contributed by atoms with Crippen molar-refractivity contribution in [1.82, 2.24) is 19.6 Å². The molecule has 0 aliphatic heterocycles. The number of hydrogen-bond donors (Lipinski definition) is 2. The van der Waals surface area contributed by atoms with Crippen LogP contribution < -0.4 is 5.73 Å². The lowest BCUT2D eigenvalue weighted by molar-refractivity contribution is -0.106. The molecule has 3 aromatic heterocycles. The van der Waals surface area contributed by atoms with Gasteiger partial charge in [-0.05, 0) is 55.7 Å². The maximum Gasteiger partial charge on any atom is 0.175 e. The Bertz CT molecular complexity index is 1720. The van der Waals surface area contributed by atoms with Gasteiger partial charge in [0.15, 0.2) is 11.3 Å². The van der Waals surface area contributed by atoms with Gasteiger partial charge in [-0.15, -0.1) is 0 Å². The van der Waals surface area contributed by atoms with E-state index < -0.39 is 11.1 Å². The summed E-state index contributed by atoms with van der Waals surface area (Å²) in [7, 11) is 0. The van der Waals surface area contributed by atoms with E-state index in [1.165, 1.54) is 0 Å². The van der Waals surface area contributed by atoms with Crippen molar-refractivity contribution in [3.8, 4) is 28.5 Å². The van der Waals surface area contributed by atoms with Crippen LogP contribution in [0.5, 0.6) is 0 Å². The van der Waals surface area contributed by atoms with Crippen molar-refractivity contribution >= 4 is 16.7 Å². The van der Waals surface area contributed by atoms with Crippen LogP contribution in [0.15, 0.2) is 66.9 Å². The standard InChI is InChI=1S/C30H26N6O/c1-18-25(14-31)28-33-15-21-13-24(19-5-3-2-4-6-19)26(34-27(21)36(28)35-18)20-7-9-22(10-8-20)29(32)16-30(37,17-29)23-11-12-23/h2-10,13,15,23,37H,11-12,16-17,32H2,1H3/t29-,30+. The fourth-order valence-corrected chi connectivity index (χ4v) is 6.00. The summed E-state index contributed by atoms with van der Waals surface area (Å²) in [6.45, 7) is 1.81. The van der Waals surface area contributed by atoms with Crippen LogP contribution in [-0.4, -0.2) is 30.3 Å². The number of rotatable bonds is 4. The molecule has 37 heavy (non-hydrogen) atoms. The molecule has 3 heterocycles. The van der Waals surface area contributed by atoms with Crippen LogP contribution in [0.2, 0.25) is 0 Å². The molecule has 2 aliphatic rings. The molecule has 0 spiro atoms. The zero-order valence-corrected chi connectivity index (χ0v) is 20.5. The second-order valence-electron chi connectivity index (χ2n) is 10.7. The van der Waals surface area contributed by atoms with Gasteiger partial charge in [-0.2, -0.15) is 14.9 Å². The summed E-state index contributed by atoms with van der Waals surface area (Å²) < 4.78 is 1.66. The van der Waals surface area contributed by atoms with Crippen molar-refractivity contribution in [2.75, 3.05) is 0 Å². The fourth-order valence-electron chi connectivity index (χ4n) is 6.00. The molecule has 0 bridgehead atoms. The number of benzene rings is 2. The maximum absolute atomic E-state index is 10.8. The molecule has 7 rings (SSSR count). The van der Waals surface area contributed by atoms with E-state index in [0.29, 0.717) is 41.3 Å². The molecule has 182 valence electrons. The molecule has 2 aromatic carbocycles. The second kappa shape index (κ2) is 7.69. The predicted octanol–water partition coefficient (Wildman–Crippen LogP) is 4.88. The summed E-state index contributed by atoms with van der Waals surface area (Å²) in [4.78, 5) is 9.62. The number of hydrogen-bond acceptors (Lipinski definition) is 6. The number of aliphatic hydroxyl groups is 1. The third-order valence-electron chi connectivity index (χ3n) is 8.10. The molecule has 0 radical (unpaired) electrons. The number of pyridine rings is 1. The van der Waals surface area contributed by atoms with Crippen LogP contribution in [0.3, 0.4) is 0 Å². The monoisotopic (exact) mass is 486 g/mol. The smallest absolute Gasteiger partial charge is 0.175 e. The van der Waals surface area contributed by atoms with Gasteiger partial charge in [-0.1, -0.05) is 54.6 Å². The summed E-state index contributed by atoms with van der Waals surface area (Å²) in [6.07, 6.45) is 5.19. The molecular formula is C30H26N6O. The number of aromatic nitrogens is 4. The molecule has 2 fully saturated rings. The lowest BCUT2D eigenvalue weighted by Gasteiger charge is -2.52. The normalized spacial score (nSPS) is 23.2. The molecule has 2 aliphatic carbocycles. The third kappa shape index (κ3) is 3.37. The quantitative estimate of drug-likeness (QED) is 0.374. The van der Waals surface area contributed by atoms with Gasteiger partial charge in [0.1, 0.15) is 11.6 Å². The molecule has 0 saturated heterocycles. The Morgan fingerprint density at radius 2 is 1.76 bits per heavy atom. The van der Waals surface area contributed by atoms with Crippen LogP contribution in [0, 0.1) is 24.2 Å². The maximum atomic E-state index is 10.8. The Morgan fingerprint density at radius 3 is 2.43 bits per heavy atom. The topological polar surface area (TPSA) is 113 Å². The molecule has 0 unspecified atom stereocenters. The molecule has 0 atom stereocenters. The van der Waals surface area contributed by atoms with Crippen LogP contribution in [0.4, 0.5) is 0 Å². The number of nitrogens with two attached hydrogens (primary N) is 1. The van der Waals surface area contributed by atoms with Crippen molar-refractivity contribution in [3.63, 3.8) is 0 Å². The van der Waals surface area contributed by atoms with Gasteiger partial charge in [0.2, 0.25) is 0 Å². The second-order valence-corrected chi connectivity index (χ2v) is 10.7. The first-order valence-corrected chi connectivity index (χ1v) is 12.7. The van der Waals surface area contributed by atoms with Crippen molar-refractivity contribution in [3.05, 3.63) is 83.7 Å². The molecule has 5 aromatic rings. The Hall–Kier alpha value is -4.12. The van der Waals surface area contributed by atoms with Gasteiger partial charge in [0, 0.05) is 28.2 Å². The minimum absolute atomic E-state index is 0.414. The molecule has 2 saturated carbocycles. The average molecular weight is 487 g/mol. The van der Waals surface area contributed by atoms with Crippen LogP contribution >= 0.6 is 0 Å². The molecule has 3 N–H and O–H groups in total. The lowest BCUT2D eigenvalue weighted by atomic mass is 9.60. The van der Waals surface area contributed by atoms with Gasteiger partial charge in [0.05, 0.1) is 17.0 Å². The van der Waals surface area contributed by atoms with Crippen LogP contribution in [0.1, 0.15) is 42.5 Å². The van der Waals surface area contributed by atoms with E-state index in [1.807, 2.05) is 25.1 Å².